The summed E-state index contributed by atoms with van der Waals surface area (Å²) < 4.78 is 0. The molecule has 4 rings (SSSR count). The molecule has 0 aliphatic carbocycles. The molecular weight excluding hydrogens is 338 g/mol. The average molecular weight is 361 g/mol. The van der Waals surface area contributed by atoms with Gasteiger partial charge < -0.3 is 9.80 Å². The maximum absolute atomic E-state index is 12.9. The predicted octanol–water partition coefficient (Wildman–Crippen LogP) is 2.27. The minimum Gasteiger partial charge on any atom is -0.336 e. The van der Waals surface area contributed by atoms with Crippen LogP contribution in [0.5, 0.6) is 0 Å². The second kappa shape index (κ2) is 7.80. The molecule has 0 saturated carbocycles. The largest absolute Gasteiger partial charge is 0.336 e. The molecule has 0 spiro atoms. The summed E-state index contributed by atoms with van der Waals surface area (Å²) in [6.45, 7) is 3.23. The van der Waals surface area contributed by atoms with Crippen LogP contribution in [-0.4, -0.2) is 64.1 Å². The Labute approximate surface area is 158 Å². The van der Waals surface area contributed by atoms with Gasteiger partial charge in [-0.05, 0) is 42.5 Å². The molecule has 0 bridgehead atoms. The lowest BCUT2D eigenvalue weighted by Crippen LogP contribution is -2.37. The highest BCUT2D eigenvalue weighted by atomic mass is 16.2. The van der Waals surface area contributed by atoms with Crippen molar-refractivity contribution in [1.29, 1.82) is 0 Å². The van der Waals surface area contributed by atoms with Crippen molar-refractivity contribution in [2.45, 2.75) is 6.42 Å². The monoisotopic (exact) mass is 361 g/mol. The van der Waals surface area contributed by atoms with Crippen molar-refractivity contribution in [3.05, 3.63) is 66.2 Å². The van der Waals surface area contributed by atoms with Crippen molar-refractivity contribution in [1.82, 2.24) is 25.0 Å². The third-order valence-corrected chi connectivity index (χ3v) is 5.14. The van der Waals surface area contributed by atoms with E-state index in [1.165, 1.54) is 10.9 Å². The molecule has 3 heterocycles. The van der Waals surface area contributed by atoms with Gasteiger partial charge in [0.1, 0.15) is 0 Å². The molecule has 1 amide bonds. The van der Waals surface area contributed by atoms with Gasteiger partial charge in [0.15, 0.2) is 5.69 Å². The summed E-state index contributed by atoms with van der Waals surface area (Å²) in [6, 6.07) is 11.8. The van der Waals surface area contributed by atoms with Gasteiger partial charge in [0, 0.05) is 50.2 Å². The van der Waals surface area contributed by atoms with Crippen LogP contribution in [-0.2, 0) is 6.42 Å². The fraction of sp³-hybridized carbons (Fsp3) is 0.333. The van der Waals surface area contributed by atoms with E-state index in [-0.39, 0.29) is 5.91 Å². The summed E-state index contributed by atoms with van der Waals surface area (Å²) in [7, 11) is 2.12. The summed E-state index contributed by atoms with van der Waals surface area (Å²) in [5.41, 5.74) is 1.65. The van der Waals surface area contributed by atoms with Crippen molar-refractivity contribution in [2.24, 2.45) is 5.92 Å². The second-order valence-corrected chi connectivity index (χ2v) is 7.21. The van der Waals surface area contributed by atoms with Crippen molar-refractivity contribution in [3.63, 3.8) is 0 Å². The van der Waals surface area contributed by atoms with Crippen LogP contribution in [0.25, 0.3) is 10.8 Å². The van der Waals surface area contributed by atoms with Crippen molar-refractivity contribution < 1.29 is 4.79 Å². The van der Waals surface area contributed by atoms with Crippen molar-refractivity contribution in [2.75, 3.05) is 33.2 Å². The van der Waals surface area contributed by atoms with Gasteiger partial charge in [-0.25, -0.2) is 0 Å². The highest BCUT2D eigenvalue weighted by Gasteiger charge is 2.26. The Morgan fingerprint density at radius 1 is 1.11 bits per heavy atom. The van der Waals surface area contributed by atoms with Crippen LogP contribution in [0, 0.1) is 5.92 Å². The minimum atomic E-state index is -0.0422. The molecule has 1 aliphatic heterocycles. The van der Waals surface area contributed by atoms with E-state index >= 15 is 0 Å². The van der Waals surface area contributed by atoms with E-state index < -0.39 is 0 Å². The highest BCUT2D eigenvalue weighted by Crippen LogP contribution is 2.22. The Bertz CT molecular complexity index is 925. The normalized spacial score (nSPS) is 18.4. The number of carbonyl (C=O) groups is 1. The molecule has 1 fully saturated rings. The molecule has 1 aliphatic rings. The van der Waals surface area contributed by atoms with Gasteiger partial charge in [0.05, 0.1) is 0 Å². The first-order valence-corrected chi connectivity index (χ1v) is 9.28. The number of amides is 1. The summed E-state index contributed by atoms with van der Waals surface area (Å²) in [6.07, 6.45) is 6.34. The lowest BCUT2D eigenvalue weighted by molar-refractivity contribution is 0.0739. The Hall–Kier alpha value is -2.86. The number of carbonyl (C=O) groups excluding carboxylic acids is 1. The van der Waals surface area contributed by atoms with Gasteiger partial charge in [-0.1, -0.05) is 24.3 Å². The molecule has 138 valence electrons. The summed E-state index contributed by atoms with van der Waals surface area (Å²) in [4.78, 5) is 21.5. The van der Waals surface area contributed by atoms with E-state index in [0.717, 1.165) is 24.9 Å². The maximum Gasteiger partial charge on any atom is 0.274 e. The minimum absolute atomic E-state index is 0.0422. The molecule has 3 aromatic rings. The van der Waals surface area contributed by atoms with Gasteiger partial charge in [-0.15, -0.1) is 5.10 Å². The molecule has 1 unspecified atom stereocenters. The van der Waals surface area contributed by atoms with Crippen LogP contribution < -0.4 is 0 Å². The van der Waals surface area contributed by atoms with E-state index in [1.54, 1.807) is 18.3 Å². The molecule has 0 N–H and O–H groups in total. The molecule has 1 aromatic carbocycles. The molecule has 1 atom stereocenters. The molecule has 2 aromatic heterocycles. The third-order valence-electron chi connectivity index (χ3n) is 5.14. The number of hydrogen-bond acceptors (Lipinski definition) is 5. The number of hydrogen-bond donors (Lipinski definition) is 0. The van der Waals surface area contributed by atoms with Crippen LogP contribution in [0.3, 0.4) is 0 Å². The number of aromatic nitrogens is 3. The molecule has 6 heteroatoms. The first kappa shape index (κ1) is 17.5. The van der Waals surface area contributed by atoms with Gasteiger partial charge >= 0.3 is 0 Å². The molecule has 0 radical (unpaired) electrons. The smallest absolute Gasteiger partial charge is 0.274 e. The SMILES string of the molecule is CN1CCN(C(=O)c2cccnn2)CC(Cc2cncc3ccccc23)C1. The number of benzene rings is 1. The van der Waals surface area contributed by atoms with Crippen LogP contribution in [0.1, 0.15) is 16.1 Å². The lowest BCUT2D eigenvalue weighted by atomic mass is 9.96. The summed E-state index contributed by atoms with van der Waals surface area (Å²) in [5.74, 6) is 0.296. The zero-order chi connectivity index (χ0) is 18.6. The second-order valence-electron chi connectivity index (χ2n) is 7.21. The predicted molar refractivity (Wildman–Crippen MR) is 104 cm³/mol. The number of nitrogens with zero attached hydrogens (tertiary/aromatic N) is 5. The molecule has 27 heavy (non-hydrogen) atoms. The molecule has 6 nitrogen and oxygen atoms in total. The van der Waals surface area contributed by atoms with Gasteiger partial charge in [-0.2, -0.15) is 5.10 Å². The van der Waals surface area contributed by atoms with E-state index in [9.17, 15) is 4.79 Å². The zero-order valence-electron chi connectivity index (χ0n) is 15.5. The van der Waals surface area contributed by atoms with Crippen LogP contribution >= 0.6 is 0 Å². The van der Waals surface area contributed by atoms with Crippen molar-refractivity contribution in [3.8, 4) is 0 Å². The third kappa shape index (κ3) is 3.95. The highest BCUT2D eigenvalue weighted by molar-refractivity contribution is 5.92. The van der Waals surface area contributed by atoms with E-state index in [2.05, 4.69) is 45.3 Å². The average Bonchev–Trinajstić information content (AvgIpc) is 2.89. The van der Waals surface area contributed by atoms with Crippen molar-refractivity contribution >= 4 is 16.7 Å². The summed E-state index contributed by atoms with van der Waals surface area (Å²) in [5, 5.41) is 10.2. The molecule has 1 saturated heterocycles. The first-order chi connectivity index (χ1) is 13.2. The Morgan fingerprint density at radius 3 is 2.85 bits per heavy atom. The number of pyridine rings is 1. The Balaban J connectivity index is 1.57. The van der Waals surface area contributed by atoms with E-state index in [4.69, 9.17) is 0 Å². The van der Waals surface area contributed by atoms with E-state index in [1.807, 2.05) is 23.4 Å². The zero-order valence-corrected chi connectivity index (χ0v) is 15.5. The number of likely N-dealkylation sites (N-methyl/N-ethyl adjacent to an activating group) is 1. The number of rotatable bonds is 3. The van der Waals surface area contributed by atoms with E-state index in [0.29, 0.717) is 24.7 Å². The van der Waals surface area contributed by atoms with Gasteiger partial charge in [0.2, 0.25) is 0 Å². The Kier molecular flexibility index (Phi) is 5.07. The van der Waals surface area contributed by atoms with Crippen LogP contribution in [0.15, 0.2) is 55.0 Å². The standard InChI is InChI=1S/C21H23N5O/c1-25-9-10-26(21(27)20-7-4-8-23-24-20)15-16(14-25)11-18-13-22-12-17-5-2-3-6-19(17)18/h2-8,12-13,16H,9-11,14-15H2,1H3. The fourth-order valence-electron chi connectivity index (χ4n) is 3.83. The Morgan fingerprint density at radius 2 is 2.00 bits per heavy atom. The topological polar surface area (TPSA) is 62.2 Å². The van der Waals surface area contributed by atoms with Crippen LogP contribution in [0.2, 0.25) is 0 Å². The lowest BCUT2D eigenvalue weighted by Gasteiger charge is -2.24. The molecular formula is C21H23N5O. The summed E-state index contributed by atoms with van der Waals surface area (Å²) >= 11 is 0. The first-order valence-electron chi connectivity index (χ1n) is 9.28. The maximum atomic E-state index is 12.9. The van der Waals surface area contributed by atoms with Gasteiger partial charge in [0.25, 0.3) is 5.91 Å². The fourth-order valence-corrected chi connectivity index (χ4v) is 3.83. The van der Waals surface area contributed by atoms with Gasteiger partial charge in [-0.3, -0.25) is 9.78 Å². The quantitative estimate of drug-likeness (QED) is 0.716. The van der Waals surface area contributed by atoms with Crippen LogP contribution in [0.4, 0.5) is 0 Å². The number of fused-ring (bicyclic) bond motifs is 1.